The molecule has 1 spiro atoms. The Morgan fingerprint density at radius 3 is 2.65 bits per heavy atom. The van der Waals surface area contributed by atoms with Crippen LogP contribution < -0.4 is 0 Å². The van der Waals surface area contributed by atoms with Gasteiger partial charge < -0.3 is 19.3 Å². The van der Waals surface area contributed by atoms with Crippen molar-refractivity contribution in [2.45, 2.75) is 63.4 Å². The number of ether oxygens (including phenoxy) is 3. The topological polar surface area (TPSA) is 99.1 Å². The average molecular weight is 362 g/mol. The summed E-state index contributed by atoms with van der Waals surface area (Å²) in [5.74, 6) is -2.23. The van der Waals surface area contributed by atoms with Crippen molar-refractivity contribution in [1.29, 1.82) is 0 Å². The van der Waals surface area contributed by atoms with E-state index >= 15 is 0 Å². The highest BCUT2D eigenvalue weighted by Gasteiger charge is 2.70. The van der Waals surface area contributed by atoms with Gasteiger partial charge in [0.1, 0.15) is 17.3 Å². The number of ketones is 1. The van der Waals surface area contributed by atoms with Gasteiger partial charge in [0.05, 0.1) is 12.0 Å². The molecule has 0 aromatic rings. The lowest BCUT2D eigenvalue weighted by Gasteiger charge is -2.59. The lowest BCUT2D eigenvalue weighted by molar-refractivity contribution is -0.262. The van der Waals surface area contributed by atoms with Crippen LogP contribution in [0, 0.1) is 11.8 Å². The number of esters is 2. The second-order valence-corrected chi connectivity index (χ2v) is 7.91. The Bertz CT molecular complexity index is 766. The first-order valence-electron chi connectivity index (χ1n) is 8.96. The fourth-order valence-corrected chi connectivity index (χ4v) is 4.58. The van der Waals surface area contributed by atoms with Crippen LogP contribution in [0.15, 0.2) is 23.5 Å². The SMILES string of the molecule is C[C@H]1CCC(=O)C2=C3O[C@@]4(C)[C@@H](C)C[C@]3(OC2=O)[C@@H](/C=C/C(=O)O1)[C@@H]4O. The number of carbonyl (C=O) groups excluding carboxylic acids is 3. The van der Waals surface area contributed by atoms with E-state index in [1.165, 1.54) is 12.2 Å². The van der Waals surface area contributed by atoms with E-state index in [-0.39, 0.29) is 29.5 Å². The number of hydrogen-bond acceptors (Lipinski definition) is 7. The predicted molar refractivity (Wildman–Crippen MR) is 87.6 cm³/mol. The molecule has 5 aliphatic rings. The Hall–Kier alpha value is -2.15. The van der Waals surface area contributed by atoms with Crippen molar-refractivity contribution < 1.29 is 33.7 Å². The van der Waals surface area contributed by atoms with Crippen LogP contribution in [0.5, 0.6) is 0 Å². The molecule has 140 valence electrons. The van der Waals surface area contributed by atoms with E-state index in [2.05, 4.69) is 0 Å². The molecule has 2 saturated heterocycles. The first kappa shape index (κ1) is 17.3. The quantitative estimate of drug-likeness (QED) is 0.510. The maximum absolute atomic E-state index is 12.7. The molecule has 4 heterocycles. The monoisotopic (exact) mass is 362 g/mol. The van der Waals surface area contributed by atoms with E-state index in [1.54, 1.807) is 13.8 Å². The fourth-order valence-electron chi connectivity index (χ4n) is 4.58. The molecule has 26 heavy (non-hydrogen) atoms. The average Bonchev–Trinajstić information content (AvgIpc) is 2.83. The summed E-state index contributed by atoms with van der Waals surface area (Å²) in [5.41, 5.74) is -2.29. The number of Topliss-reactive ketones (excluding diaryl/α,β-unsaturated/α-hetero) is 1. The highest BCUT2D eigenvalue weighted by atomic mass is 16.6. The van der Waals surface area contributed by atoms with Crippen molar-refractivity contribution in [2.75, 3.05) is 0 Å². The van der Waals surface area contributed by atoms with Gasteiger partial charge in [-0.15, -0.1) is 0 Å². The standard InChI is InChI=1S/C19H22O7/c1-9-8-19-11-5-7-13(21)24-10(2)4-6-12(20)14(17(23)26-19)16(19)25-18(9,3)15(11)22/h5,7,9-11,15,22H,4,6,8H2,1-3H3/b7-5+/t9-,10-,11-,15-,18-,19-/m0/s1. The van der Waals surface area contributed by atoms with Crippen LogP contribution in [0.4, 0.5) is 0 Å². The number of fused-ring (bicyclic) bond motifs is 1. The van der Waals surface area contributed by atoms with Crippen LogP contribution in [0.25, 0.3) is 0 Å². The zero-order valence-electron chi connectivity index (χ0n) is 15.0. The van der Waals surface area contributed by atoms with Gasteiger partial charge in [-0.3, -0.25) is 4.79 Å². The third kappa shape index (κ3) is 2.13. The molecule has 7 nitrogen and oxygen atoms in total. The van der Waals surface area contributed by atoms with E-state index in [9.17, 15) is 19.5 Å². The van der Waals surface area contributed by atoms with E-state index < -0.39 is 41.3 Å². The molecule has 1 N–H and O–H groups in total. The van der Waals surface area contributed by atoms with Gasteiger partial charge in [0.2, 0.25) is 0 Å². The van der Waals surface area contributed by atoms with Crippen molar-refractivity contribution in [3.05, 3.63) is 23.5 Å². The van der Waals surface area contributed by atoms with Gasteiger partial charge in [0.25, 0.3) is 0 Å². The summed E-state index contributed by atoms with van der Waals surface area (Å²) in [4.78, 5) is 37.3. The number of aliphatic hydroxyl groups is 1. The Balaban J connectivity index is 1.90. The molecular formula is C19H22O7. The number of cyclic esters (lactones) is 1. The molecule has 5 bridgehead atoms. The summed E-state index contributed by atoms with van der Waals surface area (Å²) in [6.07, 6.45) is 2.09. The van der Waals surface area contributed by atoms with Gasteiger partial charge >= 0.3 is 11.9 Å². The number of carbonyl (C=O) groups is 3. The Labute approximate surface area is 151 Å². The molecule has 0 aromatic heterocycles. The summed E-state index contributed by atoms with van der Waals surface area (Å²) in [6, 6.07) is 0. The molecule has 1 saturated carbocycles. The van der Waals surface area contributed by atoms with E-state index in [0.29, 0.717) is 12.8 Å². The molecule has 4 aliphatic heterocycles. The van der Waals surface area contributed by atoms with E-state index in [4.69, 9.17) is 14.2 Å². The second kappa shape index (κ2) is 5.42. The van der Waals surface area contributed by atoms with Gasteiger partial charge in [0.15, 0.2) is 17.1 Å². The third-order valence-corrected chi connectivity index (χ3v) is 6.28. The Morgan fingerprint density at radius 2 is 1.92 bits per heavy atom. The summed E-state index contributed by atoms with van der Waals surface area (Å²) in [6.45, 7) is 5.36. The highest BCUT2D eigenvalue weighted by Crippen LogP contribution is 2.60. The first-order chi connectivity index (χ1) is 12.2. The van der Waals surface area contributed by atoms with Crippen molar-refractivity contribution in [3.8, 4) is 0 Å². The van der Waals surface area contributed by atoms with Gasteiger partial charge in [-0.2, -0.15) is 0 Å². The van der Waals surface area contributed by atoms with Gasteiger partial charge in [-0.1, -0.05) is 13.0 Å². The molecule has 0 unspecified atom stereocenters. The van der Waals surface area contributed by atoms with Crippen LogP contribution in [-0.2, 0) is 28.6 Å². The summed E-state index contributed by atoms with van der Waals surface area (Å²) in [7, 11) is 0. The summed E-state index contributed by atoms with van der Waals surface area (Å²) >= 11 is 0. The van der Waals surface area contributed by atoms with E-state index in [0.717, 1.165) is 0 Å². The molecule has 3 fully saturated rings. The lowest BCUT2D eigenvalue weighted by atomic mass is 9.59. The van der Waals surface area contributed by atoms with Crippen molar-refractivity contribution in [1.82, 2.24) is 0 Å². The summed E-state index contributed by atoms with van der Waals surface area (Å²) in [5, 5.41) is 10.9. The van der Waals surface area contributed by atoms with Crippen LogP contribution in [0.2, 0.25) is 0 Å². The normalized spacial score (nSPS) is 46.1. The molecular weight excluding hydrogens is 340 g/mol. The molecule has 6 atom stereocenters. The lowest BCUT2D eigenvalue weighted by Crippen LogP contribution is -2.69. The minimum absolute atomic E-state index is 0.0466. The van der Waals surface area contributed by atoms with Crippen LogP contribution in [-0.4, -0.2) is 46.2 Å². The molecule has 7 heteroatoms. The van der Waals surface area contributed by atoms with E-state index in [1.807, 2.05) is 6.92 Å². The largest absolute Gasteiger partial charge is 0.484 e. The minimum atomic E-state index is -1.25. The van der Waals surface area contributed by atoms with Crippen LogP contribution >= 0.6 is 0 Å². The molecule has 1 aliphatic carbocycles. The number of aliphatic hydroxyl groups excluding tert-OH is 1. The number of rotatable bonds is 0. The number of hydrogen-bond donors (Lipinski definition) is 1. The highest BCUT2D eigenvalue weighted by molar-refractivity contribution is 6.19. The zero-order chi connectivity index (χ0) is 18.9. The predicted octanol–water partition coefficient (Wildman–Crippen LogP) is 1.19. The molecule has 0 amide bonds. The Kier molecular flexibility index (Phi) is 3.60. The smallest absolute Gasteiger partial charge is 0.346 e. The van der Waals surface area contributed by atoms with Crippen molar-refractivity contribution in [3.63, 3.8) is 0 Å². The summed E-state index contributed by atoms with van der Waals surface area (Å²) < 4.78 is 17.0. The first-order valence-corrected chi connectivity index (χ1v) is 8.96. The zero-order valence-corrected chi connectivity index (χ0v) is 15.0. The maximum Gasteiger partial charge on any atom is 0.346 e. The van der Waals surface area contributed by atoms with Gasteiger partial charge in [-0.25, -0.2) is 9.59 Å². The molecule has 5 rings (SSSR count). The van der Waals surface area contributed by atoms with Gasteiger partial charge in [0, 0.05) is 24.8 Å². The van der Waals surface area contributed by atoms with Crippen molar-refractivity contribution in [2.24, 2.45) is 11.8 Å². The van der Waals surface area contributed by atoms with Crippen LogP contribution in [0.1, 0.15) is 40.0 Å². The maximum atomic E-state index is 12.7. The van der Waals surface area contributed by atoms with Crippen molar-refractivity contribution >= 4 is 17.7 Å². The fraction of sp³-hybridized carbons (Fsp3) is 0.632. The second-order valence-electron chi connectivity index (χ2n) is 7.91. The minimum Gasteiger partial charge on any atom is -0.484 e. The molecule has 0 aromatic carbocycles. The van der Waals surface area contributed by atoms with Crippen LogP contribution in [0.3, 0.4) is 0 Å². The molecule has 0 radical (unpaired) electrons. The Morgan fingerprint density at radius 1 is 1.19 bits per heavy atom. The third-order valence-electron chi connectivity index (χ3n) is 6.28. The van der Waals surface area contributed by atoms with Gasteiger partial charge in [-0.05, 0) is 20.3 Å².